The van der Waals surface area contributed by atoms with Gasteiger partial charge in [-0.1, -0.05) is 18.2 Å². The molecule has 1 aromatic heterocycles. The zero-order chi connectivity index (χ0) is 13.8. The van der Waals surface area contributed by atoms with Crippen molar-refractivity contribution < 1.29 is 0 Å². The number of rotatable bonds is 4. The van der Waals surface area contributed by atoms with Gasteiger partial charge in [0.25, 0.3) is 0 Å². The van der Waals surface area contributed by atoms with Crippen molar-refractivity contribution in [1.82, 2.24) is 5.32 Å². The van der Waals surface area contributed by atoms with Gasteiger partial charge in [0, 0.05) is 46.1 Å². The van der Waals surface area contributed by atoms with E-state index in [1.165, 1.54) is 27.9 Å². The van der Waals surface area contributed by atoms with Crippen LogP contribution in [-0.2, 0) is 6.54 Å². The predicted molar refractivity (Wildman–Crippen MR) is 90.5 cm³/mol. The van der Waals surface area contributed by atoms with E-state index < -0.39 is 0 Å². The van der Waals surface area contributed by atoms with E-state index in [1.807, 2.05) is 11.3 Å². The van der Waals surface area contributed by atoms with Crippen molar-refractivity contribution >= 4 is 33.0 Å². The van der Waals surface area contributed by atoms with Crippen molar-refractivity contribution in [3.8, 4) is 0 Å². The molecule has 20 heavy (non-hydrogen) atoms. The molecule has 2 aromatic rings. The molecule has 0 aliphatic carbocycles. The maximum atomic E-state index is 3.69. The van der Waals surface area contributed by atoms with Gasteiger partial charge in [0.15, 0.2) is 0 Å². The Morgan fingerprint density at radius 1 is 1.20 bits per heavy atom. The largest absolute Gasteiger partial charge is 0.371 e. The molecule has 4 heteroatoms. The molecule has 2 heterocycles. The monoisotopic (exact) mass is 350 g/mol. The SMILES string of the molecule is Brc1csc(CNC2CCN(c3ccccc3)CC2)c1. The summed E-state index contributed by atoms with van der Waals surface area (Å²) in [5, 5.41) is 5.83. The smallest absolute Gasteiger partial charge is 0.0366 e. The van der Waals surface area contributed by atoms with Crippen LogP contribution in [0.25, 0.3) is 0 Å². The number of nitrogens with one attached hydrogen (secondary N) is 1. The van der Waals surface area contributed by atoms with Crippen molar-refractivity contribution in [3.63, 3.8) is 0 Å². The first kappa shape index (κ1) is 14.1. The Morgan fingerprint density at radius 3 is 2.60 bits per heavy atom. The fraction of sp³-hybridized carbons (Fsp3) is 0.375. The van der Waals surface area contributed by atoms with Gasteiger partial charge in [0.05, 0.1) is 0 Å². The maximum absolute atomic E-state index is 3.69. The fourth-order valence-corrected chi connectivity index (χ4v) is 4.07. The van der Waals surface area contributed by atoms with Gasteiger partial charge in [-0.05, 0) is 47.0 Å². The van der Waals surface area contributed by atoms with E-state index in [0.717, 1.165) is 19.6 Å². The number of benzene rings is 1. The summed E-state index contributed by atoms with van der Waals surface area (Å²) in [4.78, 5) is 3.89. The third-order valence-corrected chi connectivity index (χ3v) is 5.50. The zero-order valence-corrected chi connectivity index (χ0v) is 13.8. The van der Waals surface area contributed by atoms with Crippen LogP contribution in [-0.4, -0.2) is 19.1 Å². The average Bonchev–Trinajstić information content (AvgIpc) is 2.92. The van der Waals surface area contributed by atoms with E-state index in [9.17, 15) is 0 Å². The Bertz CT molecular complexity index is 532. The van der Waals surface area contributed by atoms with Crippen LogP contribution < -0.4 is 10.2 Å². The molecule has 0 amide bonds. The Hall–Kier alpha value is -0.840. The first-order valence-corrected chi connectivity index (χ1v) is 8.75. The number of halogens is 1. The third-order valence-electron chi connectivity index (χ3n) is 3.80. The Kier molecular flexibility index (Phi) is 4.76. The Morgan fingerprint density at radius 2 is 1.95 bits per heavy atom. The van der Waals surface area contributed by atoms with Crippen molar-refractivity contribution in [2.45, 2.75) is 25.4 Å². The van der Waals surface area contributed by atoms with Crippen molar-refractivity contribution in [2.75, 3.05) is 18.0 Å². The summed E-state index contributed by atoms with van der Waals surface area (Å²) in [5.74, 6) is 0. The minimum atomic E-state index is 0.649. The van der Waals surface area contributed by atoms with Gasteiger partial charge < -0.3 is 10.2 Å². The molecule has 2 nitrogen and oxygen atoms in total. The second-order valence-corrected chi connectivity index (χ2v) is 7.12. The van der Waals surface area contributed by atoms with Crippen molar-refractivity contribution in [2.24, 2.45) is 0 Å². The standard InChI is InChI=1S/C16H19BrN2S/c17-13-10-16(20-12-13)11-18-14-6-8-19(9-7-14)15-4-2-1-3-5-15/h1-5,10,12,14,18H,6-9,11H2. The molecule has 0 spiro atoms. The van der Waals surface area contributed by atoms with Crippen LogP contribution in [0.5, 0.6) is 0 Å². The van der Waals surface area contributed by atoms with Crippen LogP contribution in [0.1, 0.15) is 17.7 Å². The molecule has 1 aliphatic heterocycles. The number of hydrogen-bond donors (Lipinski definition) is 1. The van der Waals surface area contributed by atoms with Crippen LogP contribution >= 0.6 is 27.3 Å². The highest BCUT2D eigenvalue weighted by Gasteiger charge is 2.18. The number of anilines is 1. The van der Waals surface area contributed by atoms with Gasteiger partial charge in [0.1, 0.15) is 0 Å². The van der Waals surface area contributed by atoms with E-state index >= 15 is 0 Å². The minimum Gasteiger partial charge on any atom is -0.371 e. The average molecular weight is 351 g/mol. The molecule has 1 fully saturated rings. The summed E-state index contributed by atoms with van der Waals surface area (Å²) in [7, 11) is 0. The quantitative estimate of drug-likeness (QED) is 0.885. The van der Waals surface area contributed by atoms with E-state index in [1.54, 1.807) is 0 Å². The third kappa shape index (κ3) is 3.62. The number of hydrogen-bond acceptors (Lipinski definition) is 3. The second-order valence-electron chi connectivity index (χ2n) is 5.21. The lowest BCUT2D eigenvalue weighted by atomic mass is 10.0. The molecule has 3 rings (SSSR count). The number of nitrogens with zero attached hydrogens (tertiary/aromatic N) is 1. The highest BCUT2D eigenvalue weighted by molar-refractivity contribution is 9.10. The van der Waals surface area contributed by atoms with Crippen molar-refractivity contribution in [3.05, 3.63) is 51.1 Å². The summed E-state index contributed by atoms with van der Waals surface area (Å²) < 4.78 is 1.19. The number of piperidine rings is 1. The molecular formula is C16H19BrN2S. The van der Waals surface area contributed by atoms with Gasteiger partial charge in [-0.3, -0.25) is 0 Å². The summed E-state index contributed by atoms with van der Waals surface area (Å²) >= 11 is 5.32. The molecule has 0 unspecified atom stereocenters. The minimum absolute atomic E-state index is 0.649. The van der Waals surface area contributed by atoms with E-state index in [2.05, 4.69) is 67.9 Å². The van der Waals surface area contributed by atoms with E-state index in [-0.39, 0.29) is 0 Å². The maximum Gasteiger partial charge on any atom is 0.0366 e. The van der Waals surface area contributed by atoms with Crippen molar-refractivity contribution in [1.29, 1.82) is 0 Å². The first-order chi connectivity index (χ1) is 9.81. The lowest BCUT2D eigenvalue weighted by Gasteiger charge is -2.34. The second kappa shape index (κ2) is 6.74. The molecule has 1 N–H and O–H groups in total. The van der Waals surface area contributed by atoms with Gasteiger partial charge in [0.2, 0.25) is 0 Å². The van der Waals surface area contributed by atoms with Gasteiger partial charge >= 0.3 is 0 Å². The van der Waals surface area contributed by atoms with Crippen LogP contribution in [0.4, 0.5) is 5.69 Å². The number of thiophene rings is 1. The molecule has 1 saturated heterocycles. The predicted octanol–water partition coefficient (Wildman–Crippen LogP) is 4.27. The fourth-order valence-electron chi connectivity index (χ4n) is 2.67. The summed E-state index contributed by atoms with van der Waals surface area (Å²) in [6.45, 7) is 3.29. The molecule has 0 atom stereocenters. The van der Waals surface area contributed by atoms with E-state index in [4.69, 9.17) is 0 Å². The van der Waals surface area contributed by atoms with Crippen LogP contribution in [0.3, 0.4) is 0 Å². The Balaban J connectivity index is 1.47. The summed E-state index contributed by atoms with van der Waals surface area (Å²) in [6.07, 6.45) is 2.45. The number of para-hydroxylation sites is 1. The molecule has 0 radical (unpaired) electrons. The van der Waals surface area contributed by atoms with E-state index in [0.29, 0.717) is 6.04 Å². The highest BCUT2D eigenvalue weighted by atomic mass is 79.9. The zero-order valence-electron chi connectivity index (χ0n) is 11.4. The van der Waals surface area contributed by atoms with Gasteiger partial charge in [-0.25, -0.2) is 0 Å². The lowest BCUT2D eigenvalue weighted by Crippen LogP contribution is -2.42. The first-order valence-electron chi connectivity index (χ1n) is 7.07. The van der Waals surface area contributed by atoms with Crippen LogP contribution in [0.2, 0.25) is 0 Å². The molecule has 1 aliphatic rings. The molecule has 1 aromatic carbocycles. The Labute approximate surface area is 132 Å². The highest BCUT2D eigenvalue weighted by Crippen LogP contribution is 2.22. The summed E-state index contributed by atoms with van der Waals surface area (Å²) in [5.41, 5.74) is 1.35. The normalized spacial score (nSPS) is 16.6. The van der Waals surface area contributed by atoms with Gasteiger partial charge in [-0.15, -0.1) is 11.3 Å². The van der Waals surface area contributed by atoms with Gasteiger partial charge in [-0.2, -0.15) is 0 Å². The molecule has 0 saturated carbocycles. The molecule has 0 bridgehead atoms. The lowest BCUT2D eigenvalue weighted by molar-refractivity contribution is 0.415. The molecular weight excluding hydrogens is 332 g/mol. The summed E-state index contributed by atoms with van der Waals surface area (Å²) in [6, 6.07) is 13.6. The van der Waals surface area contributed by atoms with Crippen LogP contribution in [0.15, 0.2) is 46.3 Å². The molecule has 106 valence electrons. The van der Waals surface area contributed by atoms with Crippen LogP contribution in [0, 0.1) is 0 Å². The topological polar surface area (TPSA) is 15.3 Å².